The predicted octanol–water partition coefficient (Wildman–Crippen LogP) is 4.49. The van der Waals surface area contributed by atoms with Gasteiger partial charge in [0, 0.05) is 23.8 Å². The fourth-order valence-electron chi connectivity index (χ4n) is 2.75. The Morgan fingerprint density at radius 3 is 2.33 bits per heavy atom. The second kappa shape index (κ2) is 9.29. The molecule has 3 aromatic carbocycles. The maximum atomic E-state index is 12.9. The highest BCUT2D eigenvalue weighted by molar-refractivity contribution is 6.15. The van der Waals surface area contributed by atoms with Crippen molar-refractivity contribution in [2.24, 2.45) is 0 Å². The highest BCUT2D eigenvalue weighted by Gasteiger charge is 2.19. The van der Waals surface area contributed by atoms with Gasteiger partial charge in [0.2, 0.25) is 5.91 Å². The van der Waals surface area contributed by atoms with Crippen molar-refractivity contribution in [2.75, 3.05) is 12.4 Å². The van der Waals surface area contributed by atoms with Crippen molar-refractivity contribution in [3.8, 4) is 5.75 Å². The Kier molecular flexibility index (Phi) is 6.34. The van der Waals surface area contributed by atoms with Gasteiger partial charge in [0.15, 0.2) is 5.78 Å². The molecular weight excluding hydrogens is 384 g/mol. The van der Waals surface area contributed by atoms with Crippen LogP contribution in [0, 0.1) is 10.1 Å². The number of rotatable bonds is 7. The van der Waals surface area contributed by atoms with E-state index in [0.717, 1.165) is 11.6 Å². The molecule has 0 unspecified atom stereocenters. The molecular formula is C23H18N2O5. The maximum Gasteiger partial charge on any atom is 0.270 e. The second-order valence-corrected chi connectivity index (χ2v) is 6.28. The number of ether oxygens (including phenoxy) is 1. The Bertz CT molecular complexity index is 1110. The number of methoxy groups -OCH3 is 1. The Morgan fingerprint density at radius 1 is 1.00 bits per heavy atom. The summed E-state index contributed by atoms with van der Waals surface area (Å²) in [6.07, 6.45) is 2.93. The summed E-state index contributed by atoms with van der Waals surface area (Å²) in [5.74, 6) is -0.193. The van der Waals surface area contributed by atoms with Crippen LogP contribution in [0.5, 0.6) is 5.75 Å². The van der Waals surface area contributed by atoms with Crippen molar-refractivity contribution in [1.29, 1.82) is 0 Å². The first-order valence-corrected chi connectivity index (χ1v) is 8.99. The van der Waals surface area contributed by atoms with Crippen LogP contribution in [-0.4, -0.2) is 23.7 Å². The third-order valence-electron chi connectivity index (χ3n) is 4.30. The van der Waals surface area contributed by atoms with Gasteiger partial charge in [0.05, 0.1) is 23.3 Å². The van der Waals surface area contributed by atoms with E-state index in [0.29, 0.717) is 11.3 Å². The number of nitrogens with one attached hydrogen (secondary N) is 1. The SMILES string of the molecule is COc1ccc(/C=C/C(=O)Nc2ccc([N+](=O)[O-])cc2C(=O)c2ccccc2)cc1. The lowest BCUT2D eigenvalue weighted by atomic mass is 10.0. The number of carbonyl (C=O) groups is 2. The smallest absolute Gasteiger partial charge is 0.270 e. The van der Waals surface area contributed by atoms with Crippen LogP contribution < -0.4 is 10.1 Å². The van der Waals surface area contributed by atoms with Crippen molar-refractivity contribution in [3.05, 3.63) is 106 Å². The van der Waals surface area contributed by atoms with Gasteiger partial charge in [0.1, 0.15) is 5.75 Å². The monoisotopic (exact) mass is 402 g/mol. The van der Waals surface area contributed by atoms with Crippen molar-refractivity contribution in [3.63, 3.8) is 0 Å². The van der Waals surface area contributed by atoms with Crippen molar-refractivity contribution >= 4 is 29.1 Å². The largest absolute Gasteiger partial charge is 0.497 e. The van der Waals surface area contributed by atoms with E-state index in [2.05, 4.69) is 5.32 Å². The molecule has 0 aromatic heterocycles. The number of hydrogen-bond acceptors (Lipinski definition) is 5. The summed E-state index contributed by atoms with van der Waals surface area (Å²) in [5.41, 5.74) is 1.15. The second-order valence-electron chi connectivity index (χ2n) is 6.28. The topological polar surface area (TPSA) is 98.5 Å². The molecule has 3 aromatic rings. The van der Waals surface area contributed by atoms with E-state index in [9.17, 15) is 19.7 Å². The van der Waals surface area contributed by atoms with E-state index in [4.69, 9.17) is 4.74 Å². The standard InChI is InChI=1S/C23H18N2O5/c1-30-19-11-7-16(8-12-19)9-14-22(26)24-21-13-10-18(25(28)29)15-20(21)23(27)17-5-3-2-4-6-17/h2-15H,1H3,(H,24,26)/b14-9+. The molecule has 1 N–H and O–H groups in total. The molecule has 1 amide bonds. The Hall–Kier alpha value is -4.26. The molecule has 0 saturated heterocycles. The van der Waals surface area contributed by atoms with Crippen LogP contribution in [-0.2, 0) is 4.79 Å². The van der Waals surface area contributed by atoms with Gasteiger partial charge in [-0.2, -0.15) is 0 Å². The zero-order valence-corrected chi connectivity index (χ0v) is 16.1. The van der Waals surface area contributed by atoms with Crippen molar-refractivity contribution in [1.82, 2.24) is 0 Å². The number of non-ortho nitro benzene ring substituents is 1. The molecule has 7 heteroatoms. The third-order valence-corrected chi connectivity index (χ3v) is 4.30. The normalized spacial score (nSPS) is 10.6. The van der Waals surface area contributed by atoms with Gasteiger partial charge >= 0.3 is 0 Å². The first-order chi connectivity index (χ1) is 14.5. The van der Waals surface area contributed by atoms with E-state index >= 15 is 0 Å². The van der Waals surface area contributed by atoms with Gasteiger partial charge in [0.25, 0.3) is 5.69 Å². The van der Waals surface area contributed by atoms with Crippen molar-refractivity contribution < 1.29 is 19.2 Å². The van der Waals surface area contributed by atoms with E-state index in [1.807, 2.05) is 0 Å². The van der Waals surface area contributed by atoms with Gasteiger partial charge < -0.3 is 10.1 Å². The lowest BCUT2D eigenvalue weighted by Crippen LogP contribution is -2.13. The summed E-state index contributed by atoms with van der Waals surface area (Å²) in [4.78, 5) is 35.8. The quantitative estimate of drug-likeness (QED) is 0.272. The van der Waals surface area contributed by atoms with Gasteiger partial charge in [-0.1, -0.05) is 42.5 Å². The summed E-state index contributed by atoms with van der Waals surface area (Å²) >= 11 is 0. The summed E-state index contributed by atoms with van der Waals surface area (Å²) in [7, 11) is 1.57. The fourth-order valence-corrected chi connectivity index (χ4v) is 2.75. The molecule has 7 nitrogen and oxygen atoms in total. The van der Waals surface area contributed by atoms with Crippen LogP contribution in [0.1, 0.15) is 21.5 Å². The highest BCUT2D eigenvalue weighted by atomic mass is 16.6. The molecule has 0 aliphatic carbocycles. The first-order valence-electron chi connectivity index (χ1n) is 8.99. The lowest BCUT2D eigenvalue weighted by Gasteiger charge is -2.09. The molecule has 0 fully saturated rings. The minimum absolute atomic E-state index is 0.0431. The number of nitro groups is 1. The van der Waals surface area contributed by atoms with Crippen LogP contribution >= 0.6 is 0 Å². The molecule has 0 saturated carbocycles. The highest BCUT2D eigenvalue weighted by Crippen LogP contribution is 2.25. The van der Waals surface area contributed by atoms with Gasteiger partial charge in [-0.25, -0.2) is 0 Å². The lowest BCUT2D eigenvalue weighted by molar-refractivity contribution is -0.384. The molecule has 0 spiro atoms. The van der Waals surface area contributed by atoms with E-state index in [-0.39, 0.29) is 16.9 Å². The fraction of sp³-hybridized carbons (Fsp3) is 0.0435. The minimum atomic E-state index is -0.586. The van der Waals surface area contributed by atoms with Crippen LogP contribution in [0.15, 0.2) is 78.9 Å². The first kappa shape index (κ1) is 20.5. The Balaban J connectivity index is 1.85. The Labute approximate surface area is 172 Å². The molecule has 0 aliphatic rings. The number of anilines is 1. The van der Waals surface area contributed by atoms with Gasteiger partial charge in [-0.3, -0.25) is 19.7 Å². The minimum Gasteiger partial charge on any atom is -0.497 e. The summed E-state index contributed by atoms with van der Waals surface area (Å²) in [6, 6.07) is 19.2. The summed E-state index contributed by atoms with van der Waals surface area (Å²) in [5, 5.41) is 13.8. The molecule has 3 rings (SSSR count). The molecule has 0 aliphatic heterocycles. The number of benzene rings is 3. The molecule has 30 heavy (non-hydrogen) atoms. The van der Waals surface area contributed by atoms with Crippen molar-refractivity contribution in [2.45, 2.75) is 0 Å². The average molecular weight is 402 g/mol. The van der Waals surface area contributed by atoms with E-state index in [1.165, 1.54) is 18.2 Å². The average Bonchev–Trinajstić information content (AvgIpc) is 2.78. The van der Waals surface area contributed by atoms with Gasteiger partial charge in [-0.15, -0.1) is 0 Å². The molecule has 0 radical (unpaired) electrons. The number of ketones is 1. The van der Waals surface area contributed by atoms with Crippen LogP contribution in [0.2, 0.25) is 0 Å². The van der Waals surface area contributed by atoms with Crippen LogP contribution in [0.4, 0.5) is 11.4 Å². The predicted molar refractivity (Wildman–Crippen MR) is 114 cm³/mol. The number of carbonyl (C=O) groups excluding carboxylic acids is 2. The Morgan fingerprint density at radius 2 is 1.70 bits per heavy atom. The summed E-state index contributed by atoms with van der Waals surface area (Å²) in [6.45, 7) is 0. The molecule has 0 bridgehead atoms. The summed E-state index contributed by atoms with van der Waals surface area (Å²) < 4.78 is 5.09. The molecule has 150 valence electrons. The number of hydrogen-bond donors (Lipinski definition) is 1. The van der Waals surface area contributed by atoms with Crippen LogP contribution in [0.3, 0.4) is 0 Å². The zero-order valence-electron chi connectivity index (χ0n) is 16.1. The number of nitrogens with zero attached hydrogens (tertiary/aromatic N) is 1. The van der Waals surface area contributed by atoms with E-state index < -0.39 is 16.6 Å². The maximum absolute atomic E-state index is 12.9. The number of amides is 1. The van der Waals surface area contributed by atoms with Gasteiger partial charge in [-0.05, 0) is 29.8 Å². The van der Waals surface area contributed by atoms with E-state index in [1.54, 1.807) is 67.8 Å². The van der Waals surface area contributed by atoms with Crippen LogP contribution in [0.25, 0.3) is 6.08 Å². The molecule has 0 atom stereocenters. The third kappa shape index (κ3) is 4.96. The number of nitro benzene ring substituents is 1. The molecule has 0 heterocycles. The zero-order chi connectivity index (χ0) is 21.5.